The molecule has 0 aliphatic heterocycles. The van der Waals surface area contributed by atoms with Crippen LogP contribution in [-0.2, 0) is 0 Å². The Morgan fingerprint density at radius 1 is 1.06 bits per heavy atom. The van der Waals surface area contributed by atoms with Crippen LogP contribution in [0, 0.1) is 19.8 Å². The molecule has 0 amide bonds. The van der Waals surface area contributed by atoms with Gasteiger partial charge in [0.2, 0.25) is 0 Å². The van der Waals surface area contributed by atoms with Crippen LogP contribution in [0.15, 0.2) is 23.2 Å². The minimum absolute atomic E-state index is 0.716. The van der Waals surface area contributed by atoms with Gasteiger partial charge in [-0.25, -0.2) is 0 Å². The van der Waals surface area contributed by atoms with E-state index in [1.165, 1.54) is 48.9 Å². The largest absolute Gasteiger partial charge is 0.260 e. The molecule has 0 spiro atoms. The summed E-state index contributed by atoms with van der Waals surface area (Å²) in [6, 6.07) is 6.38. The van der Waals surface area contributed by atoms with Gasteiger partial charge in [-0.15, -0.1) is 0 Å². The molecule has 16 heavy (non-hydrogen) atoms. The summed E-state index contributed by atoms with van der Waals surface area (Å²) in [5, 5.41) is 0. The Labute approximate surface area is 98.6 Å². The summed E-state index contributed by atoms with van der Waals surface area (Å²) < 4.78 is 0. The van der Waals surface area contributed by atoms with E-state index in [1.54, 1.807) is 0 Å². The van der Waals surface area contributed by atoms with Gasteiger partial charge < -0.3 is 0 Å². The number of hydrogen-bond donors (Lipinski definition) is 0. The van der Waals surface area contributed by atoms with Crippen LogP contribution in [0.1, 0.15) is 43.2 Å². The fourth-order valence-corrected chi connectivity index (χ4v) is 2.47. The molecule has 86 valence electrons. The van der Waals surface area contributed by atoms with Gasteiger partial charge in [0.1, 0.15) is 0 Å². The predicted octanol–water partition coefficient (Wildman–Crippen LogP) is 4.59. The third-order valence-corrected chi connectivity index (χ3v) is 3.50. The lowest BCUT2D eigenvalue weighted by atomic mass is 9.90. The topological polar surface area (TPSA) is 12.4 Å². The van der Waals surface area contributed by atoms with Gasteiger partial charge in [0.05, 0.1) is 5.69 Å². The summed E-state index contributed by atoms with van der Waals surface area (Å²) in [6.07, 6.45) is 9.01. The van der Waals surface area contributed by atoms with Gasteiger partial charge >= 0.3 is 0 Å². The van der Waals surface area contributed by atoms with Crippen LogP contribution in [0.2, 0.25) is 0 Å². The molecule has 0 atom stereocenters. The molecule has 1 saturated carbocycles. The molecule has 1 fully saturated rings. The van der Waals surface area contributed by atoms with E-state index in [9.17, 15) is 0 Å². The van der Waals surface area contributed by atoms with E-state index in [-0.39, 0.29) is 0 Å². The lowest BCUT2D eigenvalue weighted by Crippen LogP contribution is -2.06. The summed E-state index contributed by atoms with van der Waals surface area (Å²) in [7, 11) is 0. The molecule has 0 unspecified atom stereocenters. The lowest BCUT2D eigenvalue weighted by Gasteiger charge is -2.17. The maximum Gasteiger partial charge on any atom is 0.0684 e. The van der Waals surface area contributed by atoms with Gasteiger partial charge in [0, 0.05) is 6.21 Å². The van der Waals surface area contributed by atoms with E-state index < -0.39 is 0 Å². The summed E-state index contributed by atoms with van der Waals surface area (Å²) in [5.74, 6) is 0.716. The van der Waals surface area contributed by atoms with Crippen molar-refractivity contribution >= 4 is 11.9 Å². The summed E-state index contributed by atoms with van der Waals surface area (Å²) in [5.41, 5.74) is 3.74. The Hall–Kier alpha value is -1.11. The van der Waals surface area contributed by atoms with Gasteiger partial charge in [0.25, 0.3) is 0 Å². The number of para-hydroxylation sites is 1. The van der Waals surface area contributed by atoms with E-state index in [0.29, 0.717) is 5.92 Å². The van der Waals surface area contributed by atoms with E-state index in [2.05, 4.69) is 38.3 Å². The van der Waals surface area contributed by atoms with E-state index in [1.807, 2.05) is 0 Å². The zero-order valence-corrected chi connectivity index (χ0v) is 10.4. The molecule has 0 saturated heterocycles. The summed E-state index contributed by atoms with van der Waals surface area (Å²) >= 11 is 0. The van der Waals surface area contributed by atoms with Crippen LogP contribution >= 0.6 is 0 Å². The molecular formula is C15H21N. The van der Waals surface area contributed by atoms with Crippen LogP contribution in [0.5, 0.6) is 0 Å². The zero-order valence-electron chi connectivity index (χ0n) is 10.4. The third kappa shape index (κ3) is 2.72. The first-order chi connectivity index (χ1) is 7.77. The van der Waals surface area contributed by atoms with Crippen molar-refractivity contribution in [1.29, 1.82) is 0 Å². The van der Waals surface area contributed by atoms with Crippen molar-refractivity contribution in [1.82, 2.24) is 0 Å². The lowest BCUT2D eigenvalue weighted by molar-refractivity contribution is 0.445. The summed E-state index contributed by atoms with van der Waals surface area (Å²) in [6.45, 7) is 4.28. The minimum atomic E-state index is 0.716. The average molecular weight is 215 g/mol. The Morgan fingerprint density at radius 2 is 1.69 bits per heavy atom. The van der Waals surface area contributed by atoms with Crippen molar-refractivity contribution in [2.45, 2.75) is 46.0 Å². The van der Waals surface area contributed by atoms with Crippen molar-refractivity contribution in [2.75, 3.05) is 0 Å². The zero-order chi connectivity index (χ0) is 11.4. The quantitative estimate of drug-likeness (QED) is 0.640. The normalized spacial score (nSPS) is 18.1. The number of hydrogen-bond acceptors (Lipinski definition) is 1. The number of aliphatic imine (C=N–C) groups is 1. The molecule has 0 radical (unpaired) electrons. The van der Waals surface area contributed by atoms with Gasteiger partial charge in [-0.1, -0.05) is 37.5 Å². The van der Waals surface area contributed by atoms with Gasteiger partial charge in [-0.05, 0) is 43.7 Å². The Bertz CT molecular complexity index is 353. The average Bonchev–Trinajstić information content (AvgIpc) is 2.30. The number of aryl methyl sites for hydroxylation is 2. The standard InChI is InChI=1S/C15H21N/c1-12-7-6-8-13(2)15(12)16-11-14-9-4-3-5-10-14/h6-8,11,14H,3-5,9-10H2,1-2H3. The second kappa shape index (κ2) is 5.29. The molecule has 0 N–H and O–H groups in total. The molecule has 0 aromatic heterocycles. The maximum atomic E-state index is 4.70. The van der Waals surface area contributed by atoms with Crippen molar-refractivity contribution in [3.63, 3.8) is 0 Å². The predicted molar refractivity (Wildman–Crippen MR) is 70.6 cm³/mol. The maximum absolute atomic E-state index is 4.70. The van der Waals surface area contributed by atoms with E-state index in [4.69, 9.17) is 4.99 Å². The van der Waals surface area contributed by atoms with Gasteiger partial charge in [-0.3, -0.25) is 4.99 Å². The Balaban J connectivity index is 2.10. The molecule has 1 aromatic rings. The highest BCUT2D eigenvalue weighted by Gasteiger charge is 2.10. The highest BCUT2D eigenvalue weighted by molar-refractivity contribution is 5.68. The molecule has 1 aromatic carbocycles. The molecular weight excluding hydrogens is 194 g/mol. The first-order valence-corrected chi connectivity index (χ1v) is 6.38. The fraction of sp³-hybridized carbons (Fsp3) is 0.533. The minimum Gasteiger partial charge on any atom is -0.260 e. The second-order valence-corrected chi connectivity index (χ2v) is 4.92. The SMILES string of the molecule is Cc1cccc(C)c1N=CC1CCCCC1. The number of benzene rings is 1. The second-order valence-electron chi connectivity index (χ2n) is 4.92. The molecule has 0 bridgehead atoms. The third-order valence-electron chi connectivity index (χ3n) is 3.50. The van der Waals surface area contributed by atoms with Crippen LogP contribution in [0.3, 0.4) is 0 Å². The molecule has 1 aliphatic carbocycles. The molecule has 1 aliphatic rings. The van der Waals surface area contributed by atoms with Crippen molar-refractivity contribution in [3.05, 3.63) is 29.3 Å². The Kier molecular flexibility index (Phi) is 3.76. The molecule has 2 rings (SSSR count). The highest BCUT2D eigenvalue weighted by Crippen LogP contribution is 2.26. The van der Waals surface area contributed by atoms with Crippen molar-refractivity contribution in [3.8, 4) is 0 Å². The first kappa shape index (κ1) is 11.4. The number of nitrogens with zero attached hydrogens (tertiary/aromatic N) is 1. The first-order valence-electron chi connectivity index (χ1n) is 6.38. The molecule has 0 heterocycles. The monoisotopic (exact) mass is 215 g/mol. The van der Waals surface area contributed by atoms with Crippen LogP contribution < -0.4 is 0 Å². The summed E-state index contributed by atoms with van der Waals surface area (Å²) in [4.78, 5) is 4.70. The van der Waals surface area contributed by atoms with Crippen LogP contribution in [-0.4, -0.2) is 6.21 Å². The highest BCUT2D eigenvalue weighted by atomic mass is 14.7. The number of rotatable bonds is 2. The molecule has 1 nitrogen and oxygen atoms in total. The van der Waals surface area contributed by atoms with Crippen molar-refractivity contribution in [2.24, 2.45) is 10.9 Å². The fourth-order valence-electron chi connectivity index (χ4n) is 2.47. The van der Waals surface area contributed by atoms with Crippen LogP contribution in [0.25, 0.3) is 0 Å². The van der Waals surface area contributed by atoms with Crippen molar-refractivity contribution < 1.29 is 0 Å². The van der Waals surface area contributed by atoms with E-state index >= 15 is 0 Å². The Morgan fingerprint density at radius 3 is 2.31 bits per heavy atom. The van der Waals surface area contributed by atoms with Crippen LogP contribution in [0.4, 0.5) is 5.69 Å². The smallest absolute Gasteiger partial charge is 0.0684 e. The molecule has 1 heteroatoms. The van der Waals surface area contributed by atoms with Gasteiger partial charge in [0.15, 0.2) is 0 Å². The van der Waals surface area contributed by atoms with E-state index in [0.717, 1.165) is 0 Å². The van der Waals surface area contributed by atoms with Gasteiger partial charge in [-0.2, -0.15) is 0 Å².